The Balaban J connectivity index is 3.15. The lowest BCUT2D eigenvalue weighted by molar-refractivity contribution is -0.148. The van der Waals surface area contributed by atoms with Crippen LogP contribution in [0.4, 0.5) is 0 Å². The van der Waals surface area contributed by atoms with Crippen molar-refractivity contribution in [1.29, 1.82) is 5.26 Å². The molecular formula is C20H25Cl2NO4. The van der Waals surface area contributed by atoms with Gasteiger partial charge in [-0.3, -0.25) is 9.59 Å². The number of ether oxygens (including phenoxy) is 2. The molecule has 1 aromatic rings. The summed E-state index contributed by atoms with van der Waals surface area (Å²) in [5, 5.41) is 10.5. The molecule has 0 aliphatic heterocycles. The zero-order valence-corrected chi connectivity index (χ0v) is 17.6. The highest BCUT2D eigenvalue weighted by Crippen LogP contribution is 2.36. The highest BCUT2D eigenvalue weighted by Gasteiger charge is 2.39. The molecule has 0 unspecified atom stereocenters. The van der Waals surface area contributed by atoms with Crippen LogP contribution in [0.5, 0.6) is 0 Å². The molecule has 1 rings (SSSR count). The zero-order chi connectivity index (χ0) is 20.6. The molecule has 0 saturated heterocycles. The Kier molecular flexibility index (Phi) is 9.08. The summed E-state index contributed by atoms with van der Waals surface area (Å²) < 4.78 is 10.4. The second-order valence-electron chi connectivity index (χ2n) is 7.33. The molecule has 7 heteroatoms. The molecule has 0 radical (unpaired) electrons. The first-order chi connectivity index (χ1) is 12.6. The molecule has 0 bridgehead atoms. The first-order valence-electron chi connectivity index (χ1n) is 8.77. The second kappa shape index (κ2) is 10.5. The van der Waals surface area contributed by atoms with Crippen LogP contribution in [0.25, 0.3) is 0 Å². The number of benzene rings is 1. The van der Waals surface area contributed by atoms with Gasteiger partial charge in [-0.15, -0.1) is 0 Å². The summed E-state index contributed by atoms with van der Waals surface area (Å²) in [5.74, 6) is -0.807. The Labute approximate surface area is 170 Å². The number of halogens is 2. The van der Waals surface area contributed by atoms with Gasteiger partial charge in [-0.25, -0.2) is 0 Å². The van der Waals surface area contributed by atoms with E-state index in [0.29, 0.717) is 10.6 Å². The van der Waals surface area contributed by atoms with Gasteiger partial charge in [0.15, 0.2) is 0 Å². The van der Waals surface area contributed by atoms with Crippen LogP contribution in [-0.4, -0.2) is 25.2 Å². The highest BCUT2D eigenvalue weighted by atomic mass is 35.5. The van der Waals surface area contributed by atoms with Crippen molar-refractivity contribution in [3.05, 3.63) is 33.8 Å². The standard InChI is InChI=1S/C20H25Cl2NO4/c1-13(2)10-26-18(24)8-20(12-23,9-19(25)27-11-14(3)4)15-5-6-16(21)17(22)7-15/h5-7,13-14H,8-11H2,1-4H3. The minimum absolute atomic E-state index is 0.159. The zero-order valence-electron chi connectivity index (χ0n) is 16.1. The number of hydrogen-bond acceptors (Lipinski definition) is 5. The van der Waals surface area contributed by atoms with Gasteiger partial charge in [0, 0.05) is 0 Å². The van der Waals surface area contributed by atoms with E-state index in [4.69, 9.17) is 32.7 Å². The fourth-order valence-corrected chi connectivity index (χ4v) is 2.62. The topological polar surface area (TPSA) is 76.4 Å². The lowest BCUT2D eigenvalue weighted by atomic mass is 9.76. The van der Waals surface area contributed by atoms with Crippen molar-refractivity contribution in [3.63, 3.8) is 0 Å². The minimum Gasteiger partial charge on any atom is -0.465 e. The van der Waals surface area contributed by atoms with E-state index in [2.05, 4.69) is 6.07 Å². The van der Waals surface area contributed by atoms with E-state index in [1.54, 1.807) is 6.07 Å². The Morgan fingerprint density at radius 2 is 1.48 bits per heavy atom. The monoisotopic (exact) mass is 413 g/mol. The lowest BCUT2D eigenvalue weighted by Crippen LogP contribution is -2.33. The molecule has 148 valence electrons. The molecule has 0 spiro atoms. The number of rotatable bonds is 9. The van der Waals surface area contributed by atoms with Crippen molar-refractivity contribution in [2.75, 3.05) is 13.2 Å². The van der Waals surface area contributed by atoms with Crippen LogP contribution >= 0.6 is 23.2 Å². The summed E-state index contributed by atoms with van der Waals surface area (Å²) in [5.41, 5.74) is -1.03. The fraction of sp³-hybridized carbons (Fsp3) is 0.550. The lowest BCUT2D eigenvalue weighted by Gasteiger charge is -2.26. The van der Waals surface area contributed by atoms with Crippen molar-refractivity contribution in [2.24, 2.45) is 11.8 Å². The first kappa shape index (κ1) is 23.3. The van der Waals surface area contributed by atoms with Gasteiger partial charge in [0.2, 0.25) is 0 Å². The Hall–Kier alpha value is -1.77. The maximum absolute atomic E-state index is 12.3. The summed E-state index contributed by atoms with van der Waals surface area (Å²) in [7, 11) is 0. The van der Waals surface area contributed by atoms with Crippen LogP contribution in [0.3, 0.4) is 0 Å². The predicted octanol–water partition coefficient (Wildman–Crippen LogP) is 4.93. The molecule has 0 N–H and O–H groups in total. The third kappa shape index (κ3) is 7.40. The molecule has 27 heavy (non-hydrogen) atoms. The van der Waals surface area contributed by atoms with Gasteiger partial charge in [0.1, 0.15) is 5.41 Å². The van der Waals surface area contributed by atoms with Crippen LogP contribution in [0, 0.1) is 23.2 Å². The van der Waals surface area contributed by atoms with E-state index in [9.17, 15) is 14.9 Å². The van der Waals surface area contributed by atoms with E-state index in [1.807, 2.05) is 27.7 Å². The summed E-state index contributed by atoms with van der Waals surface area (Å²) in [6.07, 6.45) is -0.573. The summed E-state index contributed by atoms with van der Waals surface area (Å²) >= 11 is 12.0. The van der Waals surface area contributed by atoms with Gasteiger partial charge in [0.05, 0.1) is 42.2 Å². The van der Waals surface area contributed by atoms with Crippen molar-refractivity contribution < 1.29 is 19.1 Å². The highest BCUT2D eigenvalue weighted by molar-refractivity contribution is 6.42. The molecule has 0 heterocycles. The van der Waals surface area contributed by atoms with Gasteiger partial charge in [0.25, 0.3) is 0 Å². The number of nitrogens with zero attached hydrogens (tertiary/aromatic N) is 1. The van der Waals surface area contributed by atoms with E-state index in [-0.39, 0.29) is 42.9 Å². The number of hydrogen-bond donors (Lipinski definition) is 0. The average molecular weight is 414 g/mol. The Morgan fingerprint density at radius 1 is 1.00 bits per heavy atom. The van der Waals surface area contributed by atoms with Crippen molar-refractivity contribution in [3.8, 4) is 6.07 Å². The number of esters is 2. The smallest absolute Gasteiger partial charge is 0.307 e. The molecule has 1 aromatic carbocycles. The summed E-state index contributed by atoms with van der Waals surface area (Å²) in [4.78, 5) is 24.6. The Bertz CT molecular complexity index is 684. The van der Waals surface area contributed by atoms with Gasteiger partial charge in [-0.2, -0.15) is 5.26 Å². The first-order valence-corrected chi connectivity index (χ1v) is 9.53. The maximum atomic E-state index is 12.3. The molecule has 0 fully saturated rings. The molecule has 0 aliphatic rings. The molecule has 5 nitrogen and oxygen atoms in total. The summed E-state index contributed by atoms with van der Waals surface area (Å²) in [6.45, 7) is 8.11. The van der Waals surface area contributed by atoms with Crippen LogP contribution in [0.15, 0.2) is 18.2 Å². The second-order valence-corrected chi connectivity index (χ2v) is 8.14. The molecule has 0 aromatic heterocycles. The molecule has 0 amide bonds. The van der Waals surface area contributed by atoms with Crippen LogP contribution in [-0.2, 0) is 24.5 Å². The quantitative estimate of drug-likeness (QED) is 0.536. The van der Waals surface area contributed by atoms with Crippen LogP contribution < -0.4 is 0 Å². The average Bonchev–Trinajstić information content (AvgIpc) is 2.59. The van der Waals surface area contributed by atoms with Gasteiger partial charge in [-0.1, -0.05) is 57.0 Å². The maximum Gasteiger partial charge on any atom is 0.307 e. The minimum atomic E-state index is -1.45. The third-order valence-electron chi connectivity index (χ3n) is 3.73. The van der Waals surface area contributed by atoms with E-state index in [0.717, 1.165) is 0 Å². The number of nitriles is 1. The van der Waals surface area contributed by atoms with Crippen molar-refractivity contribution >= 4 is 35.1 Å². The SMILES string of the molecule is CC(C)COC(=O)CC(C#N)(CC(=O)OCC(C)C)c1ccc(Cl)c(Cl)c1. The predicted molar refractivity (Wildman–Crippen MR) is 105 cm³/mol. The molecule has 0 aliphatic carbocycles. The molecular weight excluding hydrogens is 389 g/mol. The van der Waals surface area contributed by atoms with Gasteiger partial charge in [-0.05, 0) is 29.5 Å². The van der Waals surface area contributed by atoms with Crippen molar-refractivity contribution in [2.45, 2.75) is 46.0 Å². The van der Waals surface area contributed by atoms with Gasteiger partial charge >= 0.3 is 11.9 Å². The molecule has 0 saturated carbocycles. The van der Waals surface area contributed by atoms with Crippen LogP contribution in [0.2, 0.25) is 10.0 Å². The van der Waals surface area contributed by atoms with Crippen LogP contribution in [0.1, 0.15) is 46.1 Å². The van der Waals surface area contributed by atoms with Crippen molar-refractivity contribution in [1.82, 2.24) is 0 Å². The van der Waals surface area contributed by atoms with Gasteiger partial charge < -0.3 is 9.47 Å². The van der Waals surface area contributed by atoms with E-state index < -0.39 is 17.4 Å². The fourth-order valence-electron chi connectivity index (χ4n) is 2.32. The van der Waals surface area contributed by atoms with E-state index >= 15 is 0 Å². The third-order valence-corrected chi connectivity index (χ3v) is 4.47. The summed E-state index contributed by atoms with van der Waals surface area (Å²) in [6, 6.07) is 6.73. The van der Waals surface area contributed by atoms with E-state index in [1.165, 1.54) is 12.1 Å². The number of carbonyl (C=O) groups excluding carboxylic acids is 2. The Morgan fingerprint density at radius 3 is 1.85 bits per heavy atom. The number of carbonyl (C=O) groups is 2. The molecule has 0 atom stereocenters. The normalized spacial score (nSPS) is 11.4. The largest absolute Gasteiger partial charge is 0.465 e.